The molecular formula is C12H24N4. The third-order valence-corrected chi connectivity index (χ3v) is 2.28. The molecule has 0 amide bonds. The molecule has 0 saturated heterocycles. The fourth-order valence-electron chi connectivity index (χ4n) is 2.30. The summed E-state index contributed by atoms with van der Waals surface area (Å²) < 4.78 is 0. The first-order chi connectivity index (χ1) is 7.09. The lowest BCUT2D eigenvalue weighted by Crippen LogP contribution is -2.35. The van der Waals surface area contributed by atoms with Gasteiger partial charge in [0.15, 0.2) is 5.82 Å². The molecule has 0 aliphatic heterocycles. The van der Waals surface area contributed by atoms with Crippen LogP contribution in [-0.4, -0.2) is 15.5 Å². The van der Waals surface area contributed by atoms with Crippen molar-refractivity contribution in [1.82, 2.24) is 9.97 Å². The summed E-state index contributed by atoms with van der Waals surface area (Å²) in [4.78, 5) is 7.33. The molecule has 1 aromatic heterocycles. The molecule has 0 radical (unpaired) electrons. The fraction of sp³-hybridized carbons (Fsp3) is 0.750. The maximum Gasteiger partial charge on any atom is 0.169 e. The van der Waals surface area contributed by atoms with Crippen molar-refractivity contribution in [2.24, 2.45) is 5.41 Å². The minimum atomic E-state index is -0.0198. The van der Waals surface area contributed by atoms with Crippen molar-refractivity contribution in [2.75, 3.05) is 11.1 Å². The topological polar surface area (TPSA) is 66.7 Å². The maximum atomic E-state index is 5.83. The summed E-state index contributed by atoms with van der Waals surface area (Å²) in [7, 11) is 0. The van der Waals surface area contributed by atoms with Crippen LogP contribution in [0.3, 0.4) is 0 Å². The second-order valence-electron chi connectivity index (χ2n) is 6.33. The predicted octanol–water partition coefficient (Wildman–Crippen LogP) is 2.93. The Morgan fingerprint density at radius 3 is 2.19 bits per heavy atom. The molecular weight excluding hydrogens is 200 g/mol. The van der Waals surface area contributed by atoms with Crippen LogP contribution in [0.5, 0.6) is 0 Å². The van der Waals surface area contributed by atoms with Crippen molar-refractivity contribution in [2.45, 2.75) is 53.5 Å². The van der Waals surface area contributed by atoms with E-state index in [0.29, 0.717) is 5.82 Å². The molecule has 0 unspecified atom stereocenters. The van der Waals surface area contributed by atoms with E-state index in [1.807, 2.05) is 6.92 Å². The third-order valence-electron chi connectivity index (χ3n) is 2.28. The molecule has 4 N–H and O–H groups in total. The summed E-state index contributed by atoms with van der Waals surface area (Å²) in [6, 6.07) is 0. The number of hydrogen-bond acceptors (Lipinski definition) is 3. The summed E-state index contributed by atoms with van der Waals surface area (Å²) in [5, 5.41) is 3.40. The lowest BCUT2D eigenvalue weighted by Gasteiger charge is -2.33. The first kappa shape index (κ1) is 12.9. The van der Waals surface area contributed by atoms with E-state index in [2.05, 4.69) is 49.9 Å². The van der Waals surface area contributed by atoms with Crippen LogP contribution in [0.1, 0.15) is 46.9 Å². The van der Waals surface area contributed by atoms with Crippen LogP contribution in [0.4, 0.5) is 11.6 Å². The van der Waals surface area contributed by atoms with Crippen molar-refractivity contribution < 1.29 is 0 Å². The zero-order chi connectivity index (χ0) is 12.6. The van der Waals surface area contributed by atoms with Crippen molar-refractivity contribution in [3.63, 3.8) is 0 Å². The normalized spacial score (nSPS) is 12.9. The van der Waals surface area contributed by atoms with Gasteiger partial charge >= 0.3 is 0 Å². The van der Waals surface area contributed by atoms with Gasteiger partial charge in [-0.25, -0.2) is 4.98 Å². The van der Waals surface area contributed by atoms with Gasteiger partial charge in [-0.05, 0) is 32.6 Å². The number of anilines is 2. The Morgan fingerprint density at radius 1 is 1.25 bits per heavy atom. The number of aromatic nitrogens is 2. The van der Waals surface area contributed by atoms with E-state index >= 15 is 0 Å². The molecule has 4 nitrogen and oxygen atoms in total. The van der Waals surface area contributed by atoms with E-state index in [-0.39, 0.29) is 11.0 Å². The van der Waals surface area contributed by atoms with Crippen LogP contribution >= 0.6 is 0 Å². The van der Waals surface area contributed by atoms with Crippen LogP contribution in [0.25, 0.3) is 0 Å². The first-order valence-corrected chi connectivity index (χ1v) is 5.69. The Bertz CT molecular complexity index is 358. The number of nitrogens with two attached hydrogens (primary N) is 1. The van der Waals surface area contributed by atoms with Crippen molar-refractivity contribution >= 4 is 11.6 Å². The standard InChI is InChI=1S/C12H24N4/c1-8-14-9(13)10(15-8)16-12(5,6)7-11(2,3)4/h16H,7,13H2,1-6H3,(H,14,15). The molecule has 16 heavy (non-hydrogen) atoms. The Hall–Kier alpha value is -1.19. The average Bonchev–Trinajstić information content (AvgIpc) is 2.22. The highest BCUT2D eigenvalue weighted by Gasteiger charge is 2.26. The second-order valence-corrected chi connectivity index (χ2v) is 6.33. The molecule has 1 rings (SSSR count). The molecule has 1 aromatic rings. The zero-order valence-electron chi connectivity index (χ0n) is 11.2. The summed E-state index contributed by atoms with van der Waals surface area (Å²) in [5.74, 6) is 2.21. The summed E-state index contributed by atoms with van der Waals surface area (Å²) in [6.07, 6.45) is 1.05. The van der Waals surface area contributed by atoms with Gasteiger partial charge in [-0.3, -0.25) is 0 Å². The minimum absolute atomic E-state index is 0.0198. The molecule has 92 valence electrons. The van der Waals surface area contributed by atoms with Crippen LogP contribution in [0.2, 0.25) is 0 Å². The van der Waals surface area contributed by atoms with Gasteiger partial charge < -0.3 is 16.0 Å². The number of hydrogen-bond donors (Lipinski definition) is 3. The van der Waals surface area contributed by atoms with Crippen molar-refractivity contribution in [3.05, 3.63) is 5.82 Å². The Morgan fingerprint density at radius 2 is 1.81 bits per heavy atom. The minimum Gasteiger partial charge on any atom is -0.382 e. The van der Waals surface area contributed by atoms with Gasteiger partial charge in [0.2, 0.25) is 0 Å². The Labute approximate surface area is 98.0 Å². The number of aromatic amines is 1. The van der Waals surface area contributed by atoms with E-state index in [1.54, 1.807) is 0 Å². The van der Waals surface area contributed by atoms with Gasteiger partial charge in [0.05, 0.1) is 0 Å². The molecule has 1 heterocycles. The van der Waals surface area contributed by atoms with Crippen LogP contribution in [-0.2, 0) is 0 Å². The predicted molar refractivity (Wildman–Crippen MR) is 69.5 cm³/mol. The number of H-pyrrole nitrogens is 1. The molecule has 4 heteroatoms. The van der Waals surface area contributed by atoms with E-state index in [4.69, 9.17) is 5.73 Å². The SMILES string of the molecule is Cc1nc(NC(C)(C)CC(C)(C)C)c(N)[nH]1. The van der Waals surface area contributed by atoms with Crippen LogP contribution in [0, 0.1) is 12.3 Å². The Kier molecular flexibility index (Phi) is 3.22. The van der Waals surface area contributed by atoms with Gasteiger partial charge in [-0.1, -0.05) is 20.8 Å². The number of imidazole rings is 1. The number of nitrogens with zero attached hydrogens (tertiary/aromatic N) is 1. The number of rotatable bonds is 3. The van der Waals surface area contributed by atoms with Crippen molar-refractivity contribution in [1.29, 1.82) is 0 Å². The van der Waals surface area contributed by atoms with E-state index < -0.39 is 0 Å². The first-order valence-electron chi connectivity index (χ1n) is 5.69. The molecule has 0 spiro atoms. The zero-order valence-corrected chi connectivity index (χ0v) is 11.2. The van der Waals surface area contributed by atoms with Gasteiger partial charge in [0.1, 0.15) is 11.6 Å². The highest BCUT2D eigenvalue weighted by Crippen LogP contribution is 2.30. The van der Waals surface area contributed by atoms with E-state index in [0.717, 1.165) is 18.1 Å². The Balaban J connectivity index is 2.76. The molecule has 0 saturated carbocycles. The molecule has 0 atom stereocenters. The summed E-state index contributed by atoms with van der Waals surface area (Å²) in [5.41, 5.74) is 6.09. The highest BCUT2D eigenvalue weighted by molar-refractivity contribution is 5.58. The van der Waals surface area contributed by atoms with E-state index in [1.165, 1.54) is 0 Å². The second kappa shape index (κ2) is 4.00. The maximum absolute atomic E-state index is 5.83. The smallest absolute Gasteiger partial charge is 0.169 e. The van der Waals surface area contributed by atoms with Crippen molar-refractivity contribution in [3.8, 4) is 0 Å². The largest absolute Gasteiger partial charge is 0.382 e. The highest BCUT2D eigenvalue weighted by atomic mass is 15.1. The van der Waals surface area contributed by atoms with Crippen LogP contribution < -0.4 is 11.1 Å². The number of aryl methyl sites for hydroxylation is 1. The molecule has 0 bridgehead atoms. The van der Waals surface area contributed by atoms with Gasteiger partial charge in [-0.15, -0.1) is 0 Å². The third kappa shape index (κ3) is 3.76. The molecule has 0 aromatic carbocycles. The molecule has 0 fully saturated rings. The summed E-state index contributed by atoms with van der Waals surface area (Å²) in [6.45, 7) is 12.9. The molecule has 0 aliphatic rings. The van der Waals surface area contributed by atoms with Crippen LogP contribution in [0.15, 0.2) is 0 Å². The summed E-state index contributed by atoms with van der Waals surface area (Å²) >= 11 is 0. The molecule has 0 aliphatic carbocycles. The quantitative estimate of drug-likeness (QED) is 0.739. The fourth-order valence-corrected chi connectivity index (χ4v) is 2.30. The van der Waals surface area contributed by atoms with E-state index in [9.17, 15) is 0 Å². The lowest BCUT2D eigenvalue weighted by atomic mass is 9.82. The van der Waals surface area contributed by atoms with Gasteiger partial charge in [0, 0.05) is 5.54 Å². The average molecular weight is 224 g/mol. The van der Waals surface area contributed by atoms with Gasteiger partial charge in [-0.2, -0.15) is 0 Å². The van der Waals surface area contributed by atoms with Gasteiger partial charge in [0.25, 0.3) is 0 Å². The monoisotopic (exact) mass is 224 g/mol. The number of nitrogens with one attached hydrogen (secondary N) is 2. The lowest BCUT2D eigenvalue weighted by molar-refractivity contribution is 0.302. The number of nitrogen functional groups attached to an aromatic ring is 1.